The van der Waals surface area contributed by atoms with Crippen molar-refractivity contribution in [2.24, 2.45) is 5.41 Å². The Morgan fingerprint density at radius 2 is 1.81 bits per heavy atom. The van der Waals surface area contributed by atoms with Crippen molar-refractivity contribution < 1.29 is 4.79 Å². The van der Waals surface area contributed by atoms with Crippen LogP contribution in [0.4, 0.5) is 0 Å². The first-order chi connectivity index (χ1) is 12.7. The van der Waals surface area contributed by atoms with Crippen LogP contribution in [0.2, 0.25) is 5.02 Å². The van der Waals surface area contributed by atoms with E-state index in [1.165, 1.54) is 5.56 Å². The molecule has 2 nitrogen and oxygen atoms in total. The number of ketones is 1. The van der Waals surface area contributed by atoms with Gasteiger partial charge in [-0.2, -0.15) is 0 Å². The largest absolute Gasteiger partial charge is 0.300 e. The van der Waals surface area contributed by atoms with Crippen molar-refractivity contribution in [1.82, 2.24) is 4.90 Å². The molecular weight excluding hydrogens is 342 g/mol. The normalized spacial score (nSPS) is 19.8. The van der Waals surface area contributed by atoms with E-state index in [4.69, 9.17) is 11.6 Å². The van der Waals surface area contributed by atoms with Gasteiger partial charge in [-0.15, -0.1) is 0 Å². The molecule has 0 N–H and O–H groups in total. The number of nitrogens with zero attached hydrogens (tertiary/aromatic N) is 1. The number of benzene rings is 2. The number of likely N-dealkylation sites (tertiary alicyclic amines) is 1. The molecule has 2 aromatic rings. The van der Waals surface area contributed by atoms with Crippen LogP contribution in [0.25, 0.3) is 6.08 Å². The molecule has 1 spiro atoms. The highest BCUT2D eigenvalue weighted by molar-refractivity contribution is 6.30. The number of rotatable bonds is 3. The summed E-state index contributed by atoms with van der Waals surface area (Å²) in [5, 5.41) is 0.729. The number of aryl methyl sites for hydroxylation is 1. The van der Waals surface area contributed by atoms with Crippen LogP contribution in [0, 0.1) is 5.41 Å². The van der Waals surface area contributed by atoms with E-state index in [0.717, 1.165) is 61.5 Å². The molecule has 1 aliphatic heterocycles. The summed E-state index contributed by atoms with van der Waals surface area (Å²) in [5.41, 5.74) is 3.11. The Morgan fingerprint density at radius 1 is 1.04 bits per heavy atom. The lowest BCUT2D eigenvalue weighted by atomic mass is 9.65. The molecule has 0 unspecified atom stereocenters. The molecular formula is C23H24ClNO. The molecule has 1 fully saturated rings. The first-order valence-corrected chi connectivity index (χ1v) is 9.81. The summed E-state index contributed by atoms with van der Waals surface area (Å²) in [5.74, 6) is 0.342. The van der Waals surface area contributed by atoms with E-state index in [1.54, 1.807) is 0 Å². The Kier molecular flexibility index (Phi) is 4.97. The minimum atomic E-state index is -0.152. The molecule has 1 heterocycles. The van der Waals surface area contributed by atoms with Gasteiger partial charge in [0.2, 0.25) is 0 Å². The number of hydrogen-bond acceptors (Lipinski definition) is 2. The average Bonchev–Trinajstić information content (AvgIpc) is 2.67. The van der Waals surface area contributed by atoms with E-state index in [9.17, 15) is 4.79 Å². The summed E-state index contributed by atoms with van der Waals surface area (Å²) in [6.45, 7) is 2.94. The molecule has 0 saturated carbocycles. The van der Waals surface area contributed by atoms with Crippen LogP contribution in [0.3, 0.4) is 0 Å². The Morgan fingerprint density at radius 3 is 2.58 bits per heavy atom. The van der Waals surface area contributed by atoms with Gasteiger partial charge in [-0.3, -0.25) is 9.69 Å². The Bertz CT molecular complexity index is 819. The molecule has 0 aromatic heterocycles. The summed E-state index contributed by atoms with van der Waals surface area (Å²) in [4.78, 5) is 15.6. The lowest BCUT2D eigenvalue weighted by Crippen LogP contribution is -2.46. The molecule has 3 heteroatoms. The van der Waals surface area contributed by atoms with Crippen molar-refractivity contribution in [3.05, 3.63) is 76.3 Å². The van der Waals surface area contributed by atoms with Crippen LogP contribution in [0.15, 0.2) is 54.6 Å². The highest BCUT2D eigenvalue weighted by Gasteiger charge is 2.44. The molecule has 2 aliphatic rings. The van der Waals surface area contributed by atoms with Gasteiger partial charge < -0.3 is 0 Å². The highest BCUT2D eigenvalue weighted by Crippen LogP contribution is 2.43. The van der Waals surface area contributed by atoms with Crippen molar-refractivity contribution in [1.29, 1.82) is 0 Å². The van der Waals surface area contributed by atoms with Crippen LogP contribution in [-0.2, 0) is 6.42 Å². The molecule has 0 amide bonds. The predicted molar refractivity (Wildman–Crippen MR) is 108 cm³/mol. The van der Waals surface area contributed by atoms with Gasteiger partial charge in [-0.25, -0.2) is 0 Å². The van der Waals surface area contributed by atoms with Crippen LogP contribution >= 0.6 is 11.6 Å². The molecule has 1 aliphatic carbocycles. The van der Waals surface area contributed by atoms with Crippen LogP contribution in [-0.4, -0.2) is 30.3 Å². The van der Waals surface area contributed by atoms with E-state index in [0.29, 0.717) is 5.78 Å². The van der Waals surface area contributed by atoms with Crippen LogP contribution in [0.1, 0.15) is 40.7 Å². The highest BCUT2D eigenvalue weighted by atomic mass is 35.5. The maximum absolute atomic E-state index is 13.1. The number of halogens is 1. The van der Waals surface area contributed by atoms with Gasteiger partial charge in [0.05, 0.1) is 0 Å². The van der Waals surface area contributed by atoms with Crippen LogP contribution in [0.5, 0.6) is 0 Å². The standard InChI is InChI=1S/C23H24ClNO/c24-20-8-9-21-19(17-20)10-11-23(22(21)26)12-15-25(16-13-23)14-4-7-18-5-2-1-3-6-18/h1-9,17H,10-16H2/b7-4+. The second-order valence-electron chi connectivity index (χ2n) is 7.52. The van der Waals surface area contributed by atoms with Gasteiger partial charge in [0.25, 0.3) is 0 Å². The fraction of sp³-hybridized carbons (Fsp3) is 0.348. The number of hydrogen-bond donors (Lipinski definition) is 0. The summed E-state index contributed by atoms with van der Waals surface area (Å²) in [6, 6.07) is 16.1. The van der Waals surface area contributed by atoms with Gasteiger partial charge in [-0.05, 0) is 68.1 Å². The van der Waals surface area contributed by atoms with Crippen LogP contribution < -0.4 is 0 Å². The predicted octanol–water partition coefficient (Wildman–Crippen LogP) is 5.26. The Hall–Kier alpha value is -1.90. The first-order valence-electron chi connectivity index (χ1n) is 9.43. The SMILES string of the molecule is O=C1c2ccc(Cl)cc2CCC12CCN(C/C=C/c1ccccc1)CC2. The van der Waals surface area contributed by atoms with Gasteiger partial charge in [0, 0.05) is 22.5 Å². The number of fused-ring (bicyclic) bond motifs is 1. The number of Topliss-reactive ketones (excluding diaryl/α,β-unsaturated/α-hetero) is 1. The topological polar surface area (TPSA) is 20.3 Å². The number of carbonyl (C=O) groups excluding carboxylic acids is 1. The summed E-state index contributed by atoms with van der Waals surface area (Å²) in [6.07, 6.45) is 8.27. The molecule has 4 rings (SSSR count). The quantitative estimate of drug-likeness (QED) is 0.739. The minimum absolute atomic E-state index is 0.152. The zero-order chi connectivity index (χ0) is 18.0. The Labute approximate surface area is 160 Å². The van der Waals surface area contributed by atoms with E-state index >= 15 is 0 Å². The van der Waals surface area contributed by atoms with Crippen molar-refractivity contribution in [2.45, 2.75) is 25.7 Å². The van der Waals surface area contributed by atoms with E-state index < -0.39 is 0 Å². The summed E-state index contributed by atoms with van der Waals surface area (Å²) < 4.78 is 0. The smallest absolute Gasteiger partial charge is 0.169 e. The van der Waals surface area contributed by atoms with Gasteiger partial charge >= 0.3 is 0 Å². The summed E-state index contributed by atoms with van der Waals surface area (Å²) >= 11 is 6.09. The summed E-state index contributed by atoms with van der Waals surface area (Å²) in [7, 11) is 0. The molecule has 134 valence electrons. The maximum atomic E-state index is 13.1. The number of piperidine rings is 1. The van der Waals surface area contributed by atoms with Crippen molar-refractivity contribution in [3.8, 4) is 0 Å². The minimum Gasteiger partial charge on any atom is -0.300 e. The Balaban J connectivity index is 1.38. The van der Waals surface area contributed by atoms with Crippen molar-refractivity contribution >= 4 is 23.5 Å². The van der Waals surface area contributed by atoms with E-state index in [2.05, 4.69) is 41.3 Å². The van der Waals surface area contributed by atoms with Crippen molar-refractivity contribution in [2.75, 3.05) is 19.6 Å². The molecule has 0 radical (unpaired) electrons. The zero-order valence-electron chi connectivity index (χ0n) is 15.0. The van der Waals surface area contributed by atoms with Gasteiger partial charge in [0.15, 0.2) is 5.78 Å². The first kappa shape index (κ1) is 17.5. The monoisotopic (exact) mass is 365 g/mol. The van der Waals surface area contributed by atoms with E-state index in [-0.39, 0.29) is 5.41 Å². The maximum Gasteiger partial charge on any atom is 0.169 e. The third-order valence-electron chi connectivity index (χ3n) is 5.95. The molecule has 1 saturated heterocycles. The lowest BCUT2D eigenvalue weighted by molar-refractivity contribution is 0.0560. The fourth-order valence-corrected chi connectivity index (χ4v) is 4.50. The number of carbonyl (C=O) groups is 1. The second-order valence-corrected chi connectivity index (χ2v) is 7.96. The molecule has 0 bridgehead atoms. The van der Waals surface area contributed by atoms with Crippen molar-refractivity contribution in [3.63, 3.8) is 0 Å². The average molecular weight is 366 g/mol. The second kappa shape index (κ2) is 7.38. The zero-order valence-corrected chi connectivity index (χ0v) is 15.7. The van der Waals surface area contributed by atoms with Gasteiger partial charge in [-0.1, -0.05) is 54.1 Å². The molecule has 0 atom stereocenters. The molecule has 2 aromatic carbocycles. The van der Waals surface area contributed by atoms with Gasteiger partial charge in [0.1, 0.15) is 0 Å². The molecule has 26 heavy (non-hydrogen) atoms. The third-order valence-corrected chi connectivity index (χ3v) is 6.19. The fourth-order valence-electron chi connectivity index (χ4n) is 4.31. The lowest BCUT2D eigenvalue weighted by Gasteiger charge is -2.43. The van der Waals surface area contributed by atoms with E-state index in [1.807, 2.05) is 24.3 Å². The third kappa shape index (κ3) is 3.49.